The summed E-state index contributed by atoms with van der Waals surface area (Å²) in [5, 5.41) is 13.3. The van der Waals surface area contributed by atoms with E-state index in [2.05, 4.69) is 21.3 Å². The van der Waals surface area contributed by atoms with Crippen molar-refractivity contribution in [3.63, 3.8) is 0 Å². The predicted molar refractivity (Wildman–Crippen MR) is 110 cm³/mol. The highest BCUT2D eigenvalue weighted by molar-refractivity contribution is 5.95. The van der Waals surface area contributed by atoms with Crippen molar-refractivity contribution < 1.29 is 9.53 Å². The molecule has 28 heavy (non-hydrogen) atoms. The van der Waals surface area contributed by atoms with Crippen molar-refractivity contribution in [2.24, 2.45) is 5.92 Å². The number of carbonyl (C=O) groups excluding carboxylic acids is 1. The fourth-order valence-electron chi connectivity index (χ4n) is 3.49. The SMILES string of the molecule is CC(C)(C)OCC(=O)NCC1CCN(c2ccc(C#N)c3ncccc23)CC1. The quantitative estimate of drug-likeness (QED) is 0.861. The Morgan fingerprint density at radius 3 is 2.75 bits per heavy atom. The zero-order chi connectivity index (χ0) is 20.1. The van der Waals surface area contributed by atoms with Gasteiger partial charge in [-0.1, -0.05) is 0 Å². The fourth-order valence-corrected chi connectivity index (χ4v) is 3.49. The number of ether oxygens (including phenoxy) is 1. The maximum absolute atomic E-state index is 11.9. The third kappa shape index (κ3) is 4.99. The summed E-state index contributed by atoms with van der Waals surface area (Å²) in [6, 6.07) is 10.0. The zero-order valence-corrected chi connectivity index (χ0v) is 16.9. The molecule has 0 atom stereocenters. The van der Waals surface area contributed by atoms with Crippen LogP contribution in [0.5, 0.6) is 0 Å². The molecule has 0 aliphatic carbocycles. The molecule has 1 saturated heterocycles. The molecular formula is C22H28N4O2. The van der Waals surface area contributed by atoms with E-state index in [-0.39, 0.29) is 18.1 Å². The van der Waals surface area contributed by atoms with Gasteiger partial charge < -0.3 is 15.0 Å². The minimum absolute atomic E-state index is 0.0542. The van der Waals surface area contributed by atoms with Crippen LogP contribution in [-0.4, -0.2) is 42.7 Å². The molecule has 1 fully saturated rings. The number of rotatable bonds is 5. The van der Waals surface area contributed by atoms with E-state index in [9.17, 15) is 10.1 Å². The second-order valence-corrected chi connectivity index (χ2v) is 8.28. The minimum Gasteiger partial charge on any atom is -0.371 e. The van der Waals surface area contributed by atoms with E-state index in [0.717, 1.165) is 42.5 Å². The highest BCUT2D eigenvalue weighted by Crippen LogP contribution is 2.31. The smallest absolute Gasteiger partial charge is 0.246 e. The van der Waals surface area contributed by atoms with Crippen LogP contribution in [0.15, 0.2) is 30.5 Å². The van der Waals surface area contributed by atoms with Crippen LogP contribution >= 0.6 is 0 Å². The molecule has 0 spiro atoms. The Kier molecular flexibility index (Phi) is 6.15. The molecule has 1 N–H and O–H groups in total. The van der Waals surface area contributed by atoms with E-state index in [4.69, 9.17) is 4.74 Å². The molecule has 6 nitrogen and oxygen atoms in total. The molecule has 1 aromatic heterocycles. The summed E-state index contributed by atoms with van der Waals surface area (Å²) >= 11 is 0. The van der Waals surface area contributed by atoms with Crippen LogP contribution in [0.1, 0.15) is 39.2 Å². The standard InChI is InChI=1S/C22H28N4O2/c1-22(2,3)28-15-20(27)25-14-16-8-11-26(12-9-16)19-7-6-17(13-23)21-18(19)5-4-10-24-21/h4-7,10,16H,8-9,11-12,14-15H2,1-3H3,(H,25,27). The van der Waals surface area contributed by atoms with Crippen LogP contribution in [0.3, 0.4) is 0 Å². The molecule has 148 valence electrons. The summed E-state index contributed by atoms with van der Waals surface area (Å²) in [6.07, 6.45) is 3.76. The molecule has 1 aromatic carbocycles. The molecule has 0 bridgehead atoms. The normalized spacial score (nSPS) is 15.4. The predicted octanol–water partition coefficient (Wildman–Crippen LogP) is 3.25. The lowest BCUT2D eigenvalue weighted by Crippen LogP contribution is -2.40. The van der Waals surface area contributed by atoms with Crippen molar-refractivity contribution in [1.82, 2.24) is 10.3 Å². The van der Waals surface area contributed by atoms with Gasteiger partial charge in [0.2, 0.25) is 5.91 Å². The number of carbonyl (C=O) groups is 1. The van der Waals surface area contributed by atoms with Crippen LogP contribution in [0.4, 0.5) is 5.69 Å². The van der Waals surface area contributed by atoms with E-state index < -0.39 is 0 Å². The Morgan fingerprint density at radius 2 is 2.07 bits per heavy atom. The molecule has 1 amide bonds. The van der Waals surface area contributed by atoms with Gasteiger partial charge in [-0.2, -0.15) is 5.26 Å². The van der Waals surface area contributed by atoms with Gasteiger partial charge in [0, 0.05) is 36.9 Å². The van der Waals surface area contributed by atoms with Crippen LogP contribution in [0.2, 0.25) is 0 Å². The van der Waals surface area contributed by atoms with Gasteiger partial charge >= 0.3 is 0 Å². The lowest BCUT2D eigenvalue weighted by Gasteiger charge is -2.34. The van der Waals surface area contributed by atoms with Crippen LogP contribution in [0.25, 0.3) is 10.9 Å². The van der Waals surface area contributed by atoms with E-state index in [1.54, 1.807) is 6.20 Å². The van der Waals surface area contributed by atoms with Gasteiger partial charge in [0.05, 0.1) is 16.7 Å². The lowest BCUT2D eigenvalue weighted by molar-refractivity contribution is -0.130. The third-order valence-corrected chi connectivity index (χ3v) is 5.05. The van der Waals surface area contributed by atoms with Crippen molar-refractivity contribution in [3.05, 3.63) is 36.0 Å². The number of fused-ring (bicyclic) bond motifs is 1. The monoisotopic (exact) mass is 380 g/mol. The summed E-state index contributed by atoms with van der Waals surface area (Å²) in [7, 11) is 0. The number of hydrogen-bond donors (Lipinski definition) is 1. The number of benzene rings is 1. The van der Waals surface area contributed by atoms with E-state index in [1.807, 2.05) is 45.0 Å². The Hall–Kier alpha value is -2.65. The van der Waals surface area contributed by atoms with Gasteiger partial charge in [0.1, 0.15) is 12.7 Å². The maximum Gasteiger partial charge on any atom is 0.246 e. The Bertz CT molecular complexity index is 874. The first-order chi connectivity index (χ1) is 13.4. The number of nitriles is 1. The van der Waals surface area contributed by atoms with Gasteiger partial charge in [-0.15, -0.1) is 0 Å². The lowest BCUT2D eigenvalue weighted by atomic mass is 9.95. The van der Waals surface area contributed by atoms with Crippen molar-refractivity contribution in [1.29, 1.82) is 5.26 Å². The van der Waals surface area contributed by atoms with Gasteiger partial charge in [-0.25, -0.2) is 0 Å². The number of piperidine rings is 1. The van der Waals surface area contributed by atoms with Crippen LogP contribution in [0, 0.1) is 17.2 Å². The Morgan fingerprint density at radius 1 is 1.32 bits per heavy atom. The first kappa shape index (κ1) is 20.1. The van der Waals surface area contributed by atoms with E-state index in [1.165, 1.54) is 0 Å². The average Bonchev–Trinajstić information content (AvgIpc) is 2.70. The first-order valence-corrected chi connectivity index (χ1v) is 9.81. The van der Waals surface area contributed by atoms with Crippen molar-refractivity contribution in [2.75, 3.05) is 31.1 Å². The van der Waals surface area contributed by atoms with Gasteiger partial charge in [-0.3, -0.25) is 9.78 Å². The number of nitrogens with one attached hydrogen (secondary N) is 1. The average molecular weight is 380 g/mol. The number of pyridine rings is 1. The van der Waals surface area contributed by atoms with Gasteiger partial charge in [-0.05, 0) is 63.8 Å². The summed E-state index contributed by atoms with van der Waals surface area (Å²) in [4.78, 5) is 18.7. The summed E-state index contributed by atoms with van der Waals surface area (Å²) < 4.78 is 5.52. The molecule has 3 rings (SSSR count). The van der Waals surface area contributed by atoms with Gasteiger partial charge in [0.15, 0.2) is 0 Å². The van der Waals surface area contributed by atoms with Crippen LogP contribution in [-0.2, 0) is 9.53 Å². The molecular weight excluding hydrogens is 352 g/mol. The fraction of sp³-hybridized carbons (Fsp3) is 0.500. The molecule has 1 aliphatic rings. The Balaban J connectivity index is 1.56. The van der Waals surface area contributed by atoms with Gasteiger partial charge in [0.25, 0.3) is 0 Å². The van der Waals surface area contributed by atoms with Crippen LogP contribution < -0.4 is 10.2 Å². The largest absolute Gasteiger partial charge is 0.371 e. The topological polar surface area (TPSA) is 78.2 Å². The highest BCUT2D eigenvalue weighted by Gasteiger charge is 2.22. The highest BCUT2D eigenvalue weighted by atomic mass is 16.5. The number of anilines is 1. The molecule has 0 radical (unpaired) electrons. The first-order valence-electron chi connectivity index (χ1n) is 9.81. The minimum atomic E-state index is -0.304. The van der Waals surface area contributed by atoms with E-state index in [0.29, 0.717) is 18.0 Å². The molecule has 2 aromatic rings. The molecule has 0 saturated carbocycles. The number of amides is 1. The van der Waals surface area contributed by atoms with Crippen molar-refractivity contribution in [3.8, 4) is 6.07 Å². The maximum atomic E-state index is 11.9. The molecule has 2 heterocycles. The number of nitrogens with zero attached hydrogens (tertiary/aromatic N) is 3. The molecule has 1 aliphatic heterocycles. The third-order valence-electron chi connectivity index (χ3n) is 5.05. The summed E-state index contributed by atoms with van der Waals surface area (Å²) in [5.74, 6) is 0.416. The van der Waals surface area contributed by atoms with Crippen molar-refractivity contribution in [2.45, 2.75) is 39.2 Å². The summed E-state index contributed by atoms with van der Waals surface area (Å²) in [6.45, 7) is 8.47. The number of aromatic nitrogens is 1. The van der Waals surface area contributed by atoms with E-state index >= 15 is 0 Å². The zero-order valence-electron chi connectivity index (χ0n) is 16.9. The second-order valence-electron chi connectivity index (χ2n) is 8.28. The molecule has 6 heteroatoms. The summed E-state index contributed by atoms with van der Waals surface area (Å²) in [5.41, 5.74) is 2.19. The number of hydrogen-bond acceptors (Lipinski definition) is 5. The van der Waals surface area contributed by atoms with Crippen molar-refractivity contribution >= 4 is 22.5 Å². The molecule has 0 unspecified atom stereocenters. The Labute approximate surface area is 166 Å². The second kappa shape index (κ2) is 8.57.